The van der Waals surface area contributed by atoms with Gasteiger partial charge in [-0.2, -0.15) is 0 Å². The summed E-state index contributed by atoms with van der Waals surface area (Å²) in [6.07, 6.45) is 6.50. The summed E-state index contributed by atoms with van der Waals surface area (Å²) in [5.74, 6) is -0.0810. The first kappa shape index (κ1) is 17.8. The Balaban J connectivity index is 1.45. The lowest BCUT2D eigenvalue weighted by molar-refractivity contribution is 0.102. The third-order valence-electron chi connectivity index (χ3n) is 5.27. The highest BCUT2D eigenvalue weighted by Gasteiger charge is 2.23. The van der Waals surface area contributed by atoms with Crippen molar-refractivity contribution in [3.63, 3.8) is 0 Å². The monoisotopic (exact) mass is 397 g/mol. The van der Waals surface area contributed by atoms with E-state index >= 15 is 0 Å². The Kier molecular flexibility index (Phi) is 4.45. The zero-order valence-electron chi connectivity index (χ0n) is 15.9. The highest BCUT2D eigenvalue weighted by molar-refractivity contribution is 7.98. The van der Waals surface area contributed by atoms with Gasteiger partial charge in [0.05, 0.1) is 0 Å². The van der Waals surface area contributed by atoms with Crippen molar-refractivity contribution in [2.24, 2.45) is 0 Å². The van der Waals surface area contributed by atoms with Gasteiger partial charge in [-0.05, 0) is 59.2 Å². The molecule has 5 heteroatoms. The van der Waals surface area contributed by atoms with Crippen LogP contribution in [-0.4, -0.2) is 21.7 Å². The maximum absolute atomic E-state index is 13.1. The van der Waals surface area contributed by atoms with Crippen LogP contribution in [0.25, 0.3) is 16.8 Å². The first-order valence-corrected chi connectivity index (χ1v) is 10.7. The lowest BCUT2D eigenvalue weighted by atomic mass is 10.0. The van der Waals surface area contributed by atoms with Crippen molar-refractivity contribution in [2.75, 3.05) is 11.6 Å². The van der Waals surface area contributed by atoms with Gasteiger partial charge in [-0.3, -0.25) is 9.36 Å². The summed E-state index contributed by atoms with van der Waals surface area (Å²) in [7, 11) is 0. The van der Waals surface area contributed by atoms with E-state index in [1.807, 2.05) is 59.5 Å². The molecule has 1 heterocycles. The number of rotatable bonds is 4. The van der Waals surface area contributed by atoms with Crippen LogP contribution < -0.4 is 5.32 Å². The van der Waals surface area contributed by atoms with Gasteiger partial charge in [-0.1, -0.05) is 54.2 Å². The van der Waals surface area contributed by atoms with E-state index in [-0.39, 0.29) is 5.91 Å². The molecule has 3 aromatic carbocycles. The predicted molar refractivity (Wildman–Crippen MR) is 118 cm³/mol. The summed E-state index contributed by atoms with van der Waals surface area (Å²) in [5.41, 5.74) is 7.22. The Morgan fingerprint density at radius 2 is 1.86 bits per heavy atom. The van der Waals surface area contributed by atoms with E-state index in [1.165, 1.54) is 11.1 Å². The average molecular weight is 398 g/mol. The van der Waals surface area contributed by atoms with E-state index in [0.717, 1.165) is 39.6 Å². The topological polar surface area (TPSA) is 46.9 Å². The number of carbonyl (C=O) groups is 1. The molecule has 5 rings (SSSR count). The number of amides is 1. The number of carbonyl (C=O) groups excluding carboxylic acids is 1. The standard InChI is InChI=1S/C24H19N3OS/c1-29-24-25-12-13-27(24)18-8-4-7-17(15-18)26-23(28)21-11-5-10-20-19-9-3-2-6-16(19)14-22(20)21/h2-13,15H,14H2,1H3,(H,26,28). The maximum Gasteiger partial charge on any atom is 0.255 e. The van der Waals surface area contributed by atoms with Gasteiger partial charge < -0.3 is 5.32 Å². The molecule has 4 aromatic rings. The zero-order valence-corrected chi connectivity index (χ0v) is 16.7. The molecule has 0 fully saturated rings. The molecule has 29 heavy (non-hydrogen) atoms. The number of imidazole rings is 1. The first-order valence-electron chi connectivity index (χ1n) is 9.44. The third kappa shape index (κ3) is 3.13. The van der Waals surface area contributed by atoms with E-state index in [4.69, 9.17) is 0 Å². The Morgan fingerprint density at radius 3 is 2.76 bits per heavy atom. The second kappa shape index (κ2) is 7.26. The summed E-state index contributed by atoms with van der Waals surface area (Å²) in [6.45, 7) is 0. The van der Waals surface area contributed by atoms with Crippen molar-refractivity contribution in [1.29, 1.82) is 0 Å². The normalized spacial score (nSPS) is 11.8. The SMILES string of the molecule is CSc1nccn1-c1cccc(NC(=O)c2cccc3c2Cc2ccccc2-3)c1. The van der Waals surface area contributed by atoms with Crippen LogP contribution in [0.3, 0.4) is 0 Å². The summed E-state index contributed by atoms with van der Waals surface area (Å²) < 4.78 is 2.01. The molecule has 0 aliphatic heterocycles. The van der Waals surface area contributed by atoms with Gasteiger partial charge in [0.25, 0.3) is 5.91 Å². The van der Waals surface area contributed by atoms with Crippen molar-refractivity contribution in [3.8, 4) is 16.8 Å². The molecule has 142 valence electrons. The highest BCUT2D eigenvalue weighted by atomic mass is 32.2. The first-order chi connectivity index (χ1) is 14.2. The molecule has 0 saturated heterocycles. The number of hydrogen-bond acceptors (Lipinski definition) is 3. The Bertz CT molecular complexity index is 1230. The third-order valence-corrected chi connectivity index (χ3v) is 5.93. The Hall–Kier alpha value is -3.31. The minimum Gasteiger partial charge on any atom is -0.322 e. The lowest BCUT2D eigenvalue weighted by Crippen LogP contribution is -2.14. The molecular formula is C24H19N3OS. The van der Waals surface area contributed by atoms with Crippen LogP contribution >= 0.6 is 11.8 Å². The van der Waals surface area contributed by atoms with Crippen molar-refractivity contribution in [3.05, 3.63) is 95.8 Å². The minimum atomic E-state index is -0.0810. The number of thioether (sulfide) groups is 1. The Labute approximate surface area is 173 Å². The fraction of sp³-hybridized carbons (Fsp3) is 0.0833. The molecule has 0 bridgehead atoms. The number of fused-ring (bicyclic) bond motifs is 3. The van der Waals surface area contributed by atoms with Crippen LogP contribution in [0.1, 0.15) is 21.5 Å². The smallest absolute Gasteiger partial charge is 0.255 e. The van der Waals surface area contributed by atoms with Crippen LogP contribution in [0.5, 0.6) is 0 Å². The Morgan fingerprint density at radius 1 is 1.03 bits per heavy atom. The van der Waals surface area contributed by atoms with E-state index in [1.54, 1.807) is 18.0 Å². The van der Waals surface area contributed by atoms with Crippen molar-refractivity contribution < 1.29 is 4.79 Å². The molecule has 4 nitrogen and oxygen atoms in total. The number of benzene rings is 3. The number of hydrogen-bond donors (Lipinski definition) is 1. The molecule has 1 amide bonds. The highest BCUT2D eigenvalue weighted by Crippen LogP contribution is 2.38. The van der Waals surface area contributed by atoms with Gasteiger partial charge in [0.2, 0.25) is 0 Å². The molecule has 1 aliphatic rings. The van der Waals surface area contributed by atoms with E-state index in [0.29, 0.717) is 0 Å². The summed E-state index contributed by atoms with van der Waals surface area (Å²) in [4.78, 5) is 17.5. The molecule has 0 atom stereocenters. The molecule has 1 aliphatic carbocycles. The maximum atomic E-state index is 13.1. The predicted octanol–water partition coefficient (Wildman–Crippen LogP) is 5.42. The largest absolute Gasteiger partial charge is 0.322 e. The lowest BCUT2D eigenvalue weighted by Gasteiger charge is -2.12. The van der Waals surface area contributed by atoms with Gasteiger partial charge in [0.1, 0.15) is 0 Å². The van der Waals surface area contributed by atoms with Crippen LogP contribution in [0.4, 0.5) is 5.69 Å². The average Bonchev–Trinajstić information content (AvgIpc) is 3.38. The van der Waals surface area contributed by atoms with Crippen LogP contribution in [0.2, 0.25) is 0 Å². The minimum absolute atomic E-state index is 0.0810. The molecular weight excluding hydrogens is 378 g/mol. The van der Waals surface area contributed by atoms with E-state index in [2.05, 4.69) is 34.6 Å². The van der Waals surface area contributed by atoms with Crippen LogP contribution in [0.15, 0.2) is 84.3 Å². The van der Waals surface area contributed by atoms with Crippen molar-refractivity contribution >= 4 is 23.4 Å². The molecule has 1 N–H and O–H groups in total. The number of nitrogens with zero attached hydrogens (tertiary/aromatic N) is 2. The van der Waals surface area contributed by atoms with E-state index < -0.39 is 0 Å². The van der Waals surface area contributed by atoms with Gasteiger partial charge in [-0.15, -0.1) is 0 Å². The fourth-order valence-electron chi connectivity index (χ4n) is 3.94. The molecule has 1 aromatic heterocycles. The van der Waals surface area contributed by atoms with Crippen LogP contribution in [0, 0.1) is 0 Å². The van der Waals surface area contributed by atoms with Crippen molar-refractivity contribution in [1.82, 2.24) is 9.55 Å². The fourth-order valence-corrected chi connectivity index (χ4v) is 4.47. The molecule has 0 radical (unpaired) electrons. The van der Waals surface area contributed by atoms with Gasteiger partial charge in [0.15, 0.2) is 5.16 Å². The summed E-state index contributed by atoms with van der Waals surface area (Å²) >= 11 is 1.59. The number of aromatic nitrogens is 2. The number of nitrogens with one attached hydrogen (secondary N) is 1. The van der Waals surface area contributed by atoms with E-state index in [9.17, 15) is 4.79 Å². The van der Waals surface area contributed by atoms with Crippen LogP contribution in [-0.2, 0) is 6.42 Å². The molecule has 0 unspecified atom stereocenters. The number of anilines is 1. The second-order valence-corrected chi connectivity index (χ2v) is 7.73. The van der Waals surface area contributed by atoms with Gasteiger partial charge in [0, 0.05) is 29.3 Å². The molecule has 0 saturated carbocycles. The van der Waals surface area contributed by atoms with Gasteiger partial charge in [-0.25, -0.2) is 4.98 Å². The second-order valence-electron chi connectivity index (χ2n) is 6.95. The van der Waals surface area contributed by atoms with Gasteiger partial charge >= 0.3 is 0 Å². The quantitative estimate of drug-likeness (QED) is 0.412. The summed E-state index contributed by atoms with van der Waals surface area (Å²) in [6, 6.07) is 22.2. The van der Waals surface area contributed by atoms with Crippen molar-refractivity contribution in [2.45, 2.75) is 11.6 Å². The molecule has 0 spiro atoms. The zero-order chi connectivity index (χ0) is 19.8. The summed E-state index contributed by atoms with van der Waals surface area (Å²) in [5, 5.41) is 3.98.